The smallest absolute Gasteiger partial charge is 0.0585 e. The van der Waals surface area contributed by atoms with Crippen LogP contribution in [0.2, 0.25) is 0 Å². The quantitative estimate of drug-likeness (QED) is 0.684. The summed E-state index contributed by atoms with van der Waals surface area (Å²) in [5.74, 6) is 0.390. The first-order chi connectivity index (χ1) is 7.66. The molecule has 0 bridgehead atoms. The summed E-state index contributed by atoms with van der Waals surface area (Å²) < 4.78 is 0. The summed E-state index contributed by atoms with van der Waals surface area (Å²) in [6.45, 7) is 2.90. The highest BCUT2D eigenvalue weighted by Crippen LogP contribution is 2.26. The molecule has 0 spiro atoms. The highest BCUT2D eigenvalue weighted by Gasteiger charge is 2.24. The van der Waals surface area contributed by atoms with Crippen molar-refractivity contribution in [1.82, 2.24) is 0 Å². The van der Waals surface area contributed by atoms with Crippen LogP contribution in [0.4, 0.5) is 11.4 Å². The Kier molecular flexibility index (Phi) is 3.34. The van der Waals surface area contributed by atoms with Crippen LogP contribution in [0.1, 0.15) is 24.8 Å². The van der Waals surface area contributed by atoms with Crippen LogP contribution >= 0.6 is 0 Å². The molecule has 1 saturated carbocycles. The second kappa shape index (κ2) is 4.74. The van der Waals surface area contributed by atoms with E-state index < -0.39 is 0 Å². The Hall–Kier alpha value is -1.22. The first-order valence-electron chi connectivity index (χ1n) is 5.95. The SMILES string of the molecule is Cc1ccc(N)cc1NCC1CCCC1O. The number of nitrogens with one attached hydrogen (secondary N) is 1. The van der Waals surface area contributed by atoms with Gasteiger partial charge in [-0.1, -0.05) is 12.5 Å². The summed E-state index contributed by atoms with van der Waals surface area (Å²) in [6.07, 6.45) is 3.08. The minimum atomic E-state index is -0.131. The standard InChI is InChI=1S/C13H20N2O/c1-9-5-6-11(14)7-12(9)15-8-10-3-2-4-13(10)16/h5-7,10,13,15-16H,2-4,8,14H2,1H3. The third-order valence-corrected chi connectivity index (χ3v) is 3.44. The van der Waals surface area contributed by atoms with Crippen molar-refractivity contribution in [3.05, 3.63) is 23.8 Å². The van der Waals surface area contributed by atoms with Crippen LogP contribution in [0.25, 0.3) is 0 Å². The van der Waals surface area contributed by atoms with Crippen LogP contribution in [-0.4, -0.2) is 17.8 Å². The van der Waals surface area contributed by atoms with Crippen molar-refractivity contribution in [2.45, 2.75) is 32.3 Å². The summed E-state index contributed by atoms with van der Waals surface area (Å²) in [4.78, 5) is 0. The fraction of sp³-hybridized carbons (Fsp3) is 0.538. The maximum atomic E-state index is 9.73. The van der Waals surface area contributed by atoms with Crippen LogP contribution in [0.5, 0.6) is 0 Å². The fourth-order valence-corrected chi connectivity index (χ4v) is 2.33. The van der Waals surface area contributed by atoms with Gasteiger partial charge in [-0.15, -0.1) is 0 Å². The van der Waals surface area contributed by atoms with Gasteiger partial charge in [0.2, 0.25) is 0 Å². The third-order valence-electron chi connectivity index (χ3n) is 3.44. The maximum absolute atomic E-state index is 9.73. The second-order valence-corrected chi connectivity index (χ2v) is 4.71. The normalized spacial score (nSPS) is 24.6. The van der Waals surface area contributed by atoms with Gasteiger partial charge in [0.25, 0.3) is 0 Å². The molecule has 2 atom stereocenters. The molecule has 1 aromatic carbocycles. The van der Waals surface area contributed by atoms with E-state index >= 15 is 0 Å². The van der Waals surface area contributed by atoms with Gasteiger partial charge >= 0.3 is 0 Å². The molecule has 2 unspecified atom stereocenters. The summed E-state index contributed by atoms with van der Waals surface area (Å²) >= 11 is 0. The highest BCUT2D eigenvalue weighted by atomic mass is 16.3. The Bertz CT molecular complexity index is 365. The zero-order chi connectivity index (χ0) is 11.5. The van der Waals surface area contributed by atoms with Crippen molar-refractivity contribution in [3.63, 3.8) is 0 Å². The zero-order valence-corrected chi connectivity index (χ0v) is 9.74. The Morgan fingerprint density at radius 2 is 2.25 bits per heavy atom. The number of nitrogens with two attached hydrogens (primary N) is 1. The lowest BCUT2D eigenvalue weighted by Crippen LogP contribution is -2.22. The van der Waals surface area contributed by atoms with E-state index in [1.54, 1.807) is 0 Å². The van der Waals surface area contributed by atoms with Crippen molar-refractivity contribution in [3.8, 4) is 0 Å². The molecular formula is C13H20N2O. The molecule has 0 heterocycles. The lowest BCUT2D eigenvalue weighted by molar-refractivity contribution is 0.138. The van der Waals surface area contributed by atoms with Crippen molar-refractivity contribution >= 4 is 11.4 Å². The zero-order valence-electron chi connectivity index (χ0n) is 9.74. The second-order valence-electron chi connectivity index (χ2n) is 4.71. The first kappa shape index (κ1) is 11.3. The summed E-state index contributed by atoms with van der Waals surface area (Å²) in [7, 11) is 0. The molecule has 0 amide bonds. The third kappa shape index (κ3) is 2.47. The van der Waals surface area contributed by atoms with Crippen LogP contribution in [-0.2, 0) is 0 Å². The Balaban J connectivity index is 1.96. The van der Waals surface area contributed by atoms with Crippen LogP contribution in [0.3, 0.4) is 0 Å². The molecule has 88 valence electrons. The molecule has 1 aromatic rings. The predicted molar refractivity (Wildman–Crippen MR) is 67.4 cm³/mol. The minimum Gasteiger partial charge on any atom is -0.399 e. The van der Waals surface area contributed by atoms with E-state index in [0.29, 0.717) is 5.92 Å². The highest BCUT2D eigenvalue weighted by molar-refractivity contribution is 5.59. The van der Waals surface area contributed by atoms with E-state index in [4.69, 9.17) is 5.73 Å². The molecular weight excluding hydrogens is 200 g/mol. The van der Waals surface area contributed by atoms with Gasteiger partial charge < -0.3 is 16.2 Å². The van der Waals surface area contributed by atoms with Gasteiger partial charge in [0.05, 0.1) is 6.10 Å². The van der Waals surface area contributed by atoms with E-state index in [0.717, 1.165) is 37.2 Å². The number of aliphatic hydroxyl groups is 1. The molecule has 1 aliphatic carbocycles. The number of hydrogen-bond donors (Lipinski definition) is 3. The average molecular weight is 220 g/mol. The molecule has 0 aromatic heterocycles. The molecule has 0 radical (unpaired) electrons. The van der Waals surface area contributed by atoms with Gasteiger partial charge in [-0.3, -0.25) is 0 Å². The van der Waals surface area contributed by atoms with Crippen molar-refractivity contribution in [2.24, 2.45) is 5.92 Å². The van der Waals surface area contributed by atoms with Gasteiger partial charge in [0.15, 0.2) is 0 Å². The molecule has 4 N–H and O–H groups in total. The van der Waals surface area contributed by atoms with Crippen molar-refractivity contribution < 1.29 is 5.11 Å². The number of benzene rings is 1. The van der Waals surface area contributed by atoms with Gasteiger partial charge in [0.1, 0.15) is 0 Å². The molecule has 1 fully saturated rings. The molecule has 1 aliphatic rings. The number of hydrogen-bond acceptors (Lipinski definition) is 3. The van der Waals surface area contributed by atoms with Gasteiger partial charge in [0, 0.05) is 23.8 Å². The Labute approximate surface area is 96.7 Å². The van der Waals surface area contributed by atoms with E-state index in [9.17, 15) is 5.11 Å². The Morgan fingerprint density at radius 1 is 1.44 bits per heavy atom. The lowest BCUT2D eigenvalue weighted by Gasteiger charge is -2.17. The lowest BCUT2D eigenvalue weighted by atomic mass is 10.1. The monoisotopic (exact) mass is 220 g/mol. The molecule has 3 nitrogen and oxygen atoms in total. The number of aliphatic hydroxyl groups excluding tert-OH is 1. The maximum Gasteiger partial charge on any atom is 0.0585 e. The minimum absolute atomic E-state index is 0.131. The van der Waals surface area contributed by atoms with Gasteiger partial charge in [-0.05, 0) is 37.5 Å². The molecule has 0 aliphatic heterocycles. The van der Waals surface area contributed by atoms with E-state index in [1.807, 2.05) is 18.2 Å². The van der Waals surface area contributed by atoms with E-state index in [-0.39, 0.29) is 6.10 Å². The predicted octanol–water partition coefficient (Wildman–Crippen LogP) is 2.15. The largest absolute Gasteiger partial charge is 0.399 e. The topological polar surface area (TPSA) is 58.3 Å². The number of nitrogen functional groups attached to an aromatic ring is 1. The number of aryl methyl sites for hydroxylation is 1. The number of anilines is 2. The Morgan fingerprint density at radius 3 is 2.94 bits per heavy atom. The summed E-state index contributed by atoms with van der Waals surface area (Å²) in [5, 5.41) is 13.1. The molecule has 16 heavy (non-hydrogen) atoms. The van der Waals surface area contributed by atoms with E-state index in [1.165, 1.54) is 5.56 Å². The summed E-state index contributed by atoms with van der Waals surface area (Å²) in [5.41, 5.74) is 8.81. The van der Waals surface area contributed by atoms with Crippen LogP contribution < -0.4 is 11.1 Å². The first-order valence-corrected chi connectivity index (χ1v) is 5.95. The molecule has 3 heteroatoms. The van der Waals surface area contributed by atoms with Gasteiger partial charge in [-0.2, -0.15) is 0 Å². The fourth-order valence-electron chi connectivity index (χ4n) is 2.33. The van der Waals surface area contributed by atoms with Crippen LogP contribution in [0, 0.1) is 12.8 Å². The van der Waals surface area contributed by atoms with Crippen LogP contribution in [0.15, 0.2) is 18.2 Å². The van der Waals surface area contributed by atoms with E-state index in [2.05, 4.69) is 12.2 Å². The van der Waals surface area contributed by atoms with Crippen molar-refractivity contribution in [1.29, 1.82) is 0 Å². The summed E-state index contributed by atoms with van der Waals surface area (Å²) in [6, 6.07) is 5.88. The average Bonchev–Trinajstić information content (AvgIpc) is 2.66. The number of rotatable bonds is 3. The molecule has 0 saturated heterocycles. The molecule has 2 rings (SSSR count). The van der Waals surface area contributed by atoms with Crippen molar-refractivity contribution in [2.75, 3.05) is 17.6 Å². The van der Waals surface area contributed by atoms with Gasteiger partial charge in [-0.25, -0.2) is 0 Å².